The lowest BCUT2D eigenvalue weighted by molar-refractivity contribution is 0.474. The highest BCUT2D eigenvalue weighted by Gasteiger charge is 2.09. The van der Waals surface area contributed by atoms with E-state index in [9.17, 15) is 10.2 Å². The standard InChI is InChI=1S/C10H6Cl2O2.C10H8O2.Cl2O2S/c11-9-5-1-3-7(13)10(12)6(5)2-4-8(9)14;11-9-3-1-7-5-10(12)4-2-8(7)6-9;1-5(2,3)4/h1-4,13-14H;1-6,11-12H;. The molecule has 0 aliphatic carbocycles. The van der Waals surface area contributed by atoms with Gasteiger partial charge < -0.3 is 20.4 Å². The molecule has 0 amide bonds. The Morgan fingerprint density at radius 1 is 0.581 bits per heavy atom. The van der Waals surface area contributed by atoms with Crippen LogP contribution in [0, 0.1) is 0 Å². The largest absolute Gasteiger partial charge is 0.508 e. The second kappa shape index (κ2) is 10.3. The topological polar surface area (TPSA) is 115 Å². The Balaban J connectivity index is 0.000000184. The zero-order chi connectivity index (χ0) is 23.3. The summed E-state index contributed by atoms with van der Waals surface area (Å²) in [7, 11) is 4.81. The SMILES string of the molecule is O=S(=O)(Cl)Cl.Oc1ccc2c(Cl)c(O)ccc2c1Cl.Oc1ccc2cc(O)ccc2c1. The molecule has 164 valence electrons. The molecule has 0 unspecified atom stereocenters. The van der Waals surface area contributed by atoms with Crippen LogP contribution in [0.5, 0.6) is 23.0 Å². The zero-order valence-electron chi connectivity index (χ0n) is 15.3. The van der Waals surface area contributed by atoms with Crippen LogP contribution < -0.4 is 0 Å². The summed E-state index contributed by atoms with van der Waals surface area (Å²) in [6.45, 7) is 0. The molecule has 4 aromatic carbocycles. The Labute approximate surface area is 196 Å². The summed E-state index contributed by atoms with van der Waals surface area (Å²) in [5.74, 6) is 0.489. The van der Waals surface area contributed by atoms with Crippen LogP contribution in [0.15, 0.2) is 60.7 Å². The lowest BCUT2D eigenvalue weighted by atomic mass is 10.1. The Morgan fingerprint density at radius 2 is 0.903 bits per heavy atom. The van der Waals surface area contributed by atoms with Crippen molar-refractivity contribution in [3.63, 3.8) is 0 Å². The minimum absolute atomic E-state index is 0.000855. The fraction of sp³-hybridized carbons (Fsp3) is 0. The van der Waals surface area contributed by atoms with E-state index in [1.807, 2.05) is 0 Å². The highest BCUT2D eigenvalue weighted by atomic mass is 36.0. The predicted octanol–water partition coefficient (Wildman–Crippen LogP) is 6.52. The Morgan fingerprint density at radius 3 is 1.23 bits per heavy atom. The molecular weight excluding hydrogens is 510 g/mol. The van der Waals surface area contributed by atoms with Crippen molar-refractivity contribution in [2.24, 2.45) is 0 Å². The third-order valence-electron chi connectivity index (χ3n) is 3.84. The van der Waals surface area contributed by atoms with Gasteiger partial charge in [0.15, 0.2) is 0 Å². The first-order valence-electron chi connectivity index (χ1n) is 8.21. The number of phenols is 4. The summed E-state index contributed by atoms with van der Waals surface area (Å²) in [6, 6.07) is 16.2. The summed E-state index contributed by atoms with van der Waals surface area (Å²) in [5, 5.41) is 40.5. The number of aromatic hydroxyl groups is 4. The van der Waals surface area contributed by atoms with Crippen LogP contribution in [0.4, 0.5) is 0 Å². The van der Waals surface area contributed by atoms with Crippen LogP contribution in [0.3, 0.4) is 0 Å². The van der Waals surface area contributed by atoms with Crippen LogP contribution in [-0.2, 0) is 8.26 Å². The molecule has 0 bridgehead atoms. The molecule has 4 N–H and O–H groups in total. The number of hydrogen-bond acceptors (Lipinski definition) is 6. The Hall–Kier alpha value is -2.29. The van der Waals surface area contributed by atoms with Crippen LogP contribution in [0.1, 0.15) is 0 Å². The van der Waals surface area contributed by atoms with Gasteiger partial charge in [0.2, 0.25) is 0 Å². The lowest BCUT2D eigenvalue weighted by Crippen LogP contribution is -1.78. The second-order valence-electron chi connectivity index (χ2n) is 5.99. The monoisotopic (exact) mass is 522 g/mol. The van der Waals surface area contributed by atoms with Gasteiger partial charge in [-0.25, -0.2) is 0 Å². The number of fused-ring (bicyclic) bond motifs is 2. The number of phenolic OH excluding ortho intramolecular Hbond substituents is 4. The van der Waals surface area contributed by atoms with Crippen molar-refractivity contribution in [2.45, 2.75) is 0 Å². The maximum Gasteiger partial charge on any atom is 0.317 e. The van der Waals surface area contributed by atoms with Crippen LogP contribution in [0.25, 0.3) is 21.5 Å². The molecular formula is C20H14Cl4O6S. The summed E-state index contributed by atoms with van der Waals surface area (Å²) >= 11 is 11.7. The van der Waals surface area contributed by atoms with E-state index in [1.165, 1.54) is 12.1 Å². The third kappa shape index (κ3) is 7.41. The molecule has 0 radical (unpaired) electrons. The van der Waals surface area contributed by atoms with Gasteiger partial charge in [0.05, 0.1) is 10.0 Å². The van der Waals surface area contributed by atoms with Crippen molar-refractivity contribution in [1.82, 2.24) is 0 Å². The van der Waals surface area contributed by atoms with E-state index < -0.39 is 8.26 Å². The fourth-order valence-corrected chi connectivity index (χ4v) is 2.99. The van der Waals surface area contributed by atoms with Crippen molar-refractivity contribution in [2.75, 3.05) is 0 Å². The molecule has 0 saturated heterocycles. The zero-order valence-corrected chi connectivity index (χ0v) is 19.1. The third-order valence-corrected chi connectivity index (χ3v) is 4.63. The van der Waals surface area contributed by atoms with Gasteiger partial charge >= 0.3 is 8.26 Å². The normalized spacial score (nSPS) is 10.7. The van der Waals surface area contributed by atoms with Crippen molar-refractivity contribution in [3.05, 3.63) is 70.7 Å². The summed E-state index contributed by atoms with van der Waals surface area (Å²) in [5.41, 5.74) is 0. The van der Waals surface area contributed by atoms with E-state index in [0.717, 1.165) is 10.8 Å². The van der Waals surface area contributed by atoms with Gasteiger partial charge in [0.25, 0.3) is 0 Å². The molecule has 31 heavy (non-hydrogen) atoms. The van der Waals surface area contributed by atoms with Gasteiger partial charge in [0.1, 0.15) is 23.0 Å². The first-order chi connectivity index (χ1) is 14.4. The number of hydrogen-bond donors (Lipinski definition) is 4. The molecule has 0 aliphatic heterocycles. The molecule has 11 heteroatoms. The Bertz CT molecular complexity index is 1250. The number of halogens is 4. The molecule has 0 aromatic heterocycles. The van der Waals surface area contributed by atoms with Gasteiger partial charge in [-0.05, 0) is 59.3 Å². The van der Waals surface area contributed by atoms with Crippen molar-refractivity contribution < 1.29 is 28.8 Å². The molecule has 0 heterocycles. The minimum Gasteiger partial charge on any atom is -0.508 e. The van der Waals surface area contributed by atoms with Gasteiger partial charge in [-0.3, -0.25) is 0 Å². The quantitative estimate of drug-likeness (QED) is 0.195. The molecule has 0 fully saturated rings. The minimum atomic E-state index is -3.72. The number of benzene rings is 4. The van der Waals surface area contributed by atoms with Gasteiger partial charge in [-0.15, -0.1) is 0 Å². The van der Waals surface area contributed by atoms with Crippen LogP contribution in [-0.4, -0.2) is 28.8 Å². The van der Waals surface area contributed by atoms with Crippen molar-refractivity contribution in [1.29, 1.82) is 0 Å². The molecule has 4 rings (SSSR count). The van der Waals surface area contributed by atoms with Crippen molar-refractivity contribution in [3.8, 4) is 23.0 Å². The van der Waals surface area contributed by atoms with Crippen molar-refractivity contribution >= 4 is 74.4 Å². The first-order valence-corrected chi connectivity index (χ1v) is 12.1. The number of rotatable bonds is 0. The van der Waals surface area contributed by atoms with E-state index in [-0.39, 0.29) is 33.0 Å². The highest BCUT2D eigenvalue weighted by molar-refractivity contribution is 8.31. The maximum atomic E-state index is 9.34. The molecule has 4 aromatic rings. The first kappa shape index (κ1) is 25.0. The Kier molecular flexibility index (Phi) is 8.34. The van der Waals surface area contributed by atoms with E-state index in [4.69, 9.17) is 41.8 Å². The average Bonchev–Trinajstić information content (AvgIpc) is 2.67. The summed E-state index contributed by atoms with van der Waals surface area (Å²) < 4.78 is 18.3. The molecule has 0 atom stereocenters. The van der Waals surface area contributed by atoms with E-state index >= 15 is 0 Å². The smallest absolute Gasteiger partial charge is 0.317 e. The maximum absolute atomic E-state index is 9.34. The van der Waals surface area contributed by atoms with Gasteiger partial charge in [0, 0.05) is 32.1 Å². The van der Waals surface area contributed by atoms with E-state index in [0.29, 0.717) is 10.8 Å². The summed E-state index contributed by atoms with van der Waals surface area (Å²) in [4.78, 5) is 0. The molecule has 6 nitrogen and oxygen atoms in total. The van der Waals surface area contributed by atoms with Crippen LogP contribution in [0.2, 0.25) is 10.0 Å². The van der Waals surface area contributed by atoms with Gasteiger partial charge in [-0.1, -0.05) is 35.3 Å². The van der Waals surface area contributed by atoms with E-state index in [2.05, 4.69) is 21.4 Å². The average molecular weight is 524 g/mol. The van der Waals surface area contributed by atoms with Crippen LogP contribution >= 0.6 is 44.6 Å². The predicted molar refractivity (Wildman–Crippen MR) is 125 cm³/mol. The molecule has 0 spiro atoms. The molecule has 0 aliphatic rings. The van der Waals surface area contributed by atoms with Gasteiger partial charge in [-0.2, -0.15) is 8.42 Å². The fourth-order valence-electron chi connectivity index (χ4n) is 2.53. The lowest BCUT2D eigenvalue weighted by Gasteiger charge is -2.05. The molecule has 0 saturated carbocycles. The summed E-state index contributed by atoms with van der Waals surface area (Å²) in [6.07, 6.45) is 0. The van der Waals surface area contributed by atoms with E-state index in [1.54, 1.807) is 48.5 Å². The second-order valence-corrected chi connectivity index (χ2v) is 10.4. The highest BCUT2D eigenvalue weighted by Crippen LogP contribution is 2.38.